The molecule has 0 unspecified atom stereocenters. The number of carbonyl (C=O) groups excluding carboxylic acids is 1. The molecule has 33 heavy (non-hydrogen) atoms. The highest BCUT2D eigenvalue weighted by Gasteiger charge is 2.34. The summed E-state index contributed by atoms with van der Waals surface area (Å²) < 4.78 is 59.0. The molecule has 1 amide bonds. The van der Waals surface area contributed by atoms with E-state index < -0.39 is 17.7 Å². The van der Waals surface area contributed by atoms with E-state index in [9.17, 15) is 22.4 Å². The van der Waals surface area contributed by atoms with Gasteiger partial charge in [-0.05, 0) is 74.2 Å². The number of rotatable bonds is 5. The van der Waals surface area contributed by atoms with Crippen LogP contribution in [-0.2, 0) is 6.18 Å². The number of amides is 1. The quantitative estimate of drug-likeness (QED) is 0.489. The number of nitrogens with one attached hydrogen (secondary N) is 2. The van der Waals surface area contributed by atoms with Gasteiger partial charge in [-0.3, -0.25) is 4.79 Å². The van der Waals surface area contributed by atoms with Crippen LogP contribution in [0.4, 0.5) is 23.2 Å². The summed E-state index contributed by atoms with van der Waals surface area (Å²) in [6.07, 6.45) is -1.83. The van der Waals surface area contributed by atoms with E-state index in [4.69, 9.17) is 4.74 Å². The van der Waals surface area contributed by atoms with Crippen LogP contribution in [0.15, 0.2) is 48.5 Å². The molecule has 4 rings (SSSR count). The number of methoxy groups -OCH3 is 1. The first-order chi connectivity index (χ1) is 15.7. The average molecular weight is 461 g/mol. The highest BCUT2D eigenvalue weighted by molar-refractivity contribution is 5.94. The van der Waals surface area contributed by atoms with Gasteiger partial charge in [-0.15, -0.1) is 0 Å². The molecule has 2 atom stereocenters. The van der Waals surface area contributed by atoms with Crippen molar-refractivity contribution in [1.82, 2.24) is 10.3 Å². The number of nitrogens with zero attached hydrogens (tertiary/aromatic N) is 1. The Morgan fingerprint density at radius 1 is 1.06 bits per heavy atom. The van der Waals surface area contributed by atoms with Gasteiger partial charge in [-0.1, -0.05) is 0 Å². The molecule has 9 heteroatoms. The standard InChI is InChI=1S/C24H23F4N3O2/c1-33-18-8-5-14(6-9-18)23(32)30-17-4-2-3-16(12-17)29-21-13-22(24(26,27)28)31-20-10-7-15(25)11-19(20)21/h5-11,13,16-17H,2-4,12H2,1H3,(H,29,31)(H,30,32)/t16-,17-/m1/s1. The molecule has 3 aromatic rings. The van der Waals surface area contributed by atoms with Crippen molar-refractivity contribution in [3.8, 4) is 5.75 Å². The van der Waals surface area contributed by atoms with Gasteiger partial charge in [0.25, 0.3) is 5.91 Å². The van der Waals surface area contributed by atoms with Crippen LogP contribution < -0.4 is 15.4 Å². The van der Waals surface area contributed by atoms with Gasteiger partial charge in [0.15, 0.2) is 0 Å². The summed E-state index contributed by atoms with van der Waals surface area (Å²) in [5.74, 6) is -0.132. The number of pyridine rings is 1. The minimum absolute atomic E-state index is 0.0638. The minimum atomic E-state index is -4.62. The topological polar surface area (TPSA) is 63.2 Å². The van der Waals surface area contributed by atoms with Crippen LogP contribution in [0, 0.1) is 5.82 Å². The molecule has 174 valence electrons. The third-order valence-electron chi connectivity index (χ3n) is 5.78. The predicted octanol–water partition coefficient (Wildman–Crippen LogP) is 5.55. The van der Waals surface area contributed by atoms with Crippen molar-refractivity contribution >= 4 is 22.5 Å². The molecule has 2 aromatic carbocycles. The van der Waals surface area contributed by atoms with Crippen molar-refractivity contribution < 1.29 is 27.1 Å². The number of hydrogen-bond donors (Lipinski definition) is 2. The summed E-state index contributed by atoms with van der Waals surface area (Å²) in [6.45, 7) is 0. The Morgan fingerprint density at radius 3 is 2.48 bits per heavy atom. The summed E-state index contributed by atoms with van der Waals surface area (Å²) in [4.78, 5) is 16.2. The number of ether oxygens (including phenoxy) is 1. The Kier molecular flexibility index (Phi) is 6.40. The maximum absolute atomic E-state index is 13.8. The van der Waals surface area contributed by atoms with E-state index in [1.807, 2.05) is 0 Å². The largest absolute Gasteiger partial charge is 0.497 e. The van der Waals surface area contributed by atoms with Crippen molar-refractivity contribution in [3.05, 3.63) is 65.6 Å². The zero-order chi connectivity index (χ0) is 23.6. The van der Waals surface area contributed by atoms with Gasteiger partial charge in [0.05, 0.1) is 12.6 Å². The van der Waals surface area contributed by atoms with Crippen LogP contribution in [0.2, 0.25) is 0 Å². The lowest BCUT2D eigenvalue weighted by Gasteiger charge is -2.31. The molecular formula is C24H23F4N3O2. The van der Waals surface area contributed by atoms with Gasteiger partial charge in [0, 0.05) is 28.7 Å². The third-order valence-corrected chi connectivity index (χ3v) is 5.78. The molecule has 1 aliphatic carbocycles. The molecule has 2 N–H and O–H groups in total. The molecule has 0 aliphatic heterocycles. The number of fused-ring (bicyclic) bond motifs is 1. The van der Waals surface area contributed by atoms with E-state index in [1.165, 1.54) is 12.1 Å². The Morgan fingerprint density at radius 2 is 1.79 bits per heavy atom. The SMILES string of the molecule is COc1ccc(C(=O)N[C@@H]2CCC[C@@H](Nc3cc(C(F)(F)F)nc4ccc(F)cc34)C2)cc1. The number of benzene rings is 2. The number of halogens is 4. The van der Waals surface area contributed by atoms with Gasteiger partial charge >= 0.3 is 6.18 Å². The summed E-state index contributed by atoms with van der Waals surface area (Å²) in [5.41, 5.74) is -0.298. The number of anilines is 1. The van der Waals surface area contributed by atoms with Gasteiger partial charge in [0.2, 0.25) is 0 Å². The van der Waals surface area contributed by atoms with Crippen LogP contribution >= 0.6 is 0 Å². The smallest absolute Gasteiger partial charge is 0.433 e. The molecule has 0 bridgehead atoms. The zero-order valence-electron chi connectivity index (χ0n) is 17.9. The van der Waals surface area contributed by atoms with Crippen LogP contribution in [0.25, 0.3) is 10.9 Å². The predicted molar refractivity (Wildman–Crippen MR) is 117 cm³/mol. The fourth-order valence-electron chi connectivity index (χ4n) is 4.15. The van der Waals surface area contributed by atoms with Crippen molar-refractivity contribution in [2.24, 2.45) is 0 Å². The number of aromatic nitrogens is 1. The zero-order valence-corrected chi connectivity index (χ0v) is 17.9. The van der Waals surface area contributed by atoms with Crippen LogP contribution in [0.3, 0.4) is 0 Å². The molecule has 0 saturated heterocycles. The summed E-state index contributed by atoms with van der Waals surface area (Å²) in [7, 11) is 1.54. The monoisotopic (exact) mass is 461 g/mol. The van der Waals surface area contributed by atoms with Gasteiger partial charge < -0.3 is 15.4 Å². The molecule has 5 nitrogen and oxygen atoms in total. The van der Waals surface area contributed by atoms with E-state index in [2.05, 4.69) is 15.6 Å². The molecule has 0 radical (unpaired) electrons. The lowest BCUT2D eigenvalue weighted by atomic mass is 9.90. The average Bonchev–Trinajstić information content (AvgIpc) is 2.79. The van der Waals surface area contributed by atoms with E-state index in [0.29, 0.717) is 17.7 Å². The fourth-order valence-corrected chi connectivity index (χ4v) is 4.15. The Balaban J connectivity index is 1.51. The Bertz CT molecular complexity index is 1150. The van der Waals surface area contributed by atoms with Crippen molar-refractivity contribution in [2.45, 2.75) is 43.9 Å². The summed E-state index contributed by atoms with van der Waals surface area (Å²) in [6, 6.07) is 10.8. The van der Waals surface area contributed by atoms with E-state index in [0.717, 1.165) is 31.4 Å². The molecule has 1 aliphatic rings. The molecule has 1 aromatic heterocycles. The van der Waals surface area contributed by atoms with E-state index in [1.54, 1.807) is 31.4 Å². The van der Waals surface area contributed by atoms with Crippen molar-refractivity contribution in [3.63, 3.8) is 0 Å². The van der Waals surface area contributed by atoms with Gasteiger partial charge in [0.1, 0.15) is 17.3 Å². The Hall–Kier alpha value is -3.36. The second kappa shape index (κ2) is 9.25. The second-order valence-electron chi connectivity index (χ2n) is 8.12. The summed E-state index contributed by atoms with van der Waals surface area (Å²) in [5, 5.41) is 6.43. The fraction of sp³-hybridized carbons (Fsp3) is 0.333. The number of carbonyl (C=O) groups is 1. The molecule has 0 spiro atoms. The third kappa shape index (κ3) is 5.35. The first kappa shape index (κ1) is 22.8. The number of alkyl halides is 3. The lowest BCUT2D eigenvalue weighted by molar-refractivity contribution is -0.140. The van der Waals surface area contributed by atoms with Crippen LogP contribution in [0.5, 0.6) is 5.75 Å². The van der Waals surface area contributed by atoms with Crippen molar-refractivity contribution in [1.29, 1.82) is 0 Å². The molecule has 1 fully saturated rings. The lowest BCUT2D eigenvalue weighted by Crippen LogP contribution is -2.41. The molecule has 1 heterocycles. The molecular weight excluding hydrogens is 438 g/mol. The van der Waals surface area contributed by atoms with Gasteiger partial charge in [-0.2, -0.15) is 13.2 Å². The minimum Gasteiger partial charge on any atom is -0.497 e. The highest BCUT2D eigenvalue weighted by atomic mass is 19.4. The first-order valence-electron chi connectivity index (χ1n) is 10.6. The second-order valence-corrected chi connectivity index (χ2v) is 8.12. The van der Waals surface area contributed by atoms with Crippen molar-refractivity contribution in [2.75, 3.05) is 12.4 Å². The van der Waals surface area contributed by atoms with Crippen LogP contribution in [-0.4, -0.2) is 30.1 Å². The maximum atomic E-state index is 13.8. The molecule has 1 saturated carbocycles. The summed E-state index contributed by atoms with van der Waals surface area (Å²) >= 11 is 0. The van der Waals surface area contributed by atoms with Gasteiger partial charge in [-0.25, -0.2) is 9.37 Å². The normalized spacial score (nSPS) is 18.7. The van der Waals surface area contributed by atoms with Crippen LogP contribution in [0.1, 0.15) is 41.7 Å². The maximum Gasteiger partial charge on any atom is 0.433 e. The first-order valence-corrected chi connectivity index (χ1v) is 10.6. The Labute approximate surface area is 188 Å². The van der Waals surface area contributed by atoms with E-state index >= 15 is 0 Å². The highest BCUT2D eigenvalue weighted by Crippen LogP contribution is 2.34. The number of hydrogen-bond acceptors (Lipinski definition) is 4. The van der Waals surface area contributed by atoms with E-state index in [-0.39, 0.29) is 34.6 Å².